The number of rotatable bonds is 4. The predicted octanol–water partition coefficient (Wildman–Crippen LogP) is 4.76. The molecule has 106 valence electrons. The molecule has 0 radical (unpaired) electrons. The van der Waals surface area contributed by atoms with Crippen LogP contribution in [0.15, 0.2) is 66.7 Å². The first-order valence-corrected chi connectivity index (χ1v) is 7.25. The summed E-state index contributed by atoms with van der Waals surface area (Å²) in [5, 5.41) is 15.4. The monoisotopic (exact) mass is 277 g/mol. The molecule has 3 rings (SSSR count). The van der Waals surface area contributed by atoms with Crippen LogP contribution in [0.2, 0.25) is 0 Å². The summed E-state index contributed by atoms with van der Waals surface area (Å²) in [7, 11) is 0. The van der Waals surface area contributed by atoms with Gasteiger partial charge in [0.15, 0.2) is 0 Å². The van der Waals surface area contributed by atoms with Crippen molar-refractivity contribution in [2.75, 3.05) is 11.9 Å². The first kappa shape index (κ1) is 13.5. The average molecular weight is 277 g/mol. The van der Waals surface area contributed by atoms with Crippen molar-refractivity contribution in [3.63, 3.8) is 0 Å². The number of benzene rings is 3. The minimum Gasteiger partial charge on any atom is -0.507 e. The van der Waals surface area contributed by atoms with Gasteiger partial charge in [0.25, 0.3) is 0 Å². The summed E-state index contributed by atoms with van der Waals surface area (Å²) in [5.74, 6) is 0.756. The molecule has 21 heavy (non-hydrogen) atoms. The molecule has 3 aromatic rings. The summed E-state index contributed by atoms with van der Waals surface area (Å²) in [6.07, 6.45) is 0. The molecule has 2 nitrogen and oxygen atoms in total. The quantitative estimate of drug-likeness (QED) is 0.720. The number of hydrogen-bond acceptors (Lipinski definition) is 2. The molecule has 0 aliphatic carbocycles. The van der Waals surface area contributed by atoms with Gasteiger partial charge < -0.3 is 10.4 Å². The minimum absolute atomic E-state index is 0.326. The van der Waals surface area contributed by atoms with E-state index in [1.54, 1.807) is 6.07 Å². The second-order valence-electron chi connectivity index (χ2n) is 5.37. The summed E-state index contributed by atoms with van der Waals surface area (Å²) in [6, 6.07) is 22.1. The predicted molar refractivity (Wildman–Crippen MR) is 89.0 cm³/mol. The van der Waals surface area contributed by atoms with Gasteiger partial charge in [-0.25, -0.2) is 0 Å². The van der Waals surface area contributed by atoms with Crippen molar-refractivity contribution < 1.29 is 5.11 Å². The van der Waals surface area contributed by atoms with Crippen molar-refractivity contribution in [2.45, 2.75) is 12.8 Å². The van der Waals surface area contributed by atoms with Crippen LogP contribution in [0.1, 0.15) is 18.4 Å². The zero-order valence-corrected chi connectivity index (χ0v) is 12.1. The van der Waals surface area contributed by atoms with E-state index in [-0.39, 0.29) is 0 Å². The van der Waals surface area contributed by atoms with E-state index in [1.165, 1.54) is 5.56 Å². The molecule has 1 atom stereocenters. The third-order valence-electron chi connectivity index (χ3n) is 3.87. The number of phenols is 1. The Hall–Kier alpha value is -2.48. The molecule has 1 unspecified atom stereocenters. The van der Waals surface area contributed by atoms with E-state index < -0.39 is 0 Å². The molecule has 0 amide bonds. The maximum Gasteiger partial charge on any atom is 0.123 e. The molecule has 3 aromatic carbocycles. The Morgan fingerprint density at radius 3 is 2.38 bits per heavy atom. The molecule has 2 heteroatoms. The molecule has 0 heterocycles. The molecule has 0 bridgehead atoms. The molecule has 0 spiro atoms. The highest BCUT2D eigenvalue weighted by atomic mass is 16.3. The Bertz CT molecular complexity index is 737. The van der Waals surface area contributed by atoms with Crippen LogP contribution in [0.3, 0.4) is 0 Å². The smallest absolute Gasteiger partial charge is 0.123 e. The Labute approximate surface area is 125 Å². The van der Waals surface area contributed by atoms with Gasteiger partial charge in [-0.15, -0.1) is 0 Å². The van der Waals surface area contributed by atoms with Crippen molar-refractivity contribution in [3.05, 3.63) is 72.3 Å². The van der Waals surface area contributed by atoms with Gasteiger partial charge >= 0.3 is 0 Å². The Morgan fingerprint density at radius 1 is 0.857 bits per heavy atom. The van der Waals surface area contributed by atoms with Gasteiger partial charge in [-0.1, -0.05) is 61.5 Å². The van der Waals surface area contributed by atoms with Crippen molar-refractivity contribution in [1.82, 2.24) is 0 Å². The highest BCUT2D eigenvalue weighted by molar-refractivity contribution is 5.97. The van der Waals surface area contributed by atoms with Crippen LogP contribution in [-0.4, -0.2) is 11.7 Å². The van der Waals surface area contributed by atoms with Gasteiger partial charge in [0.2, 0.25) is 0 Å². The summed E-state index contributed by atoms with van der Waals surface area (Å²) >= 11 is 0. The Kier molecular flexibility index (Phi) is 3.78. The SMILES string of the molecule is CC(CNc1cccc2c(O)cccc12)c1ccccc1. The molecular formula is C19H19NO. The van der Waals surface area contributed by atoms with Gasteiger partial charge in [0.1, 0.15) is 5.75 Å². The van der Waals surface area contributed by atoms with Crippen molar-refractivity contribution >= 4 is 16.5 Å². The zero-order valence-electron chi connectivity index (χ0n) is 12.1. The second kappa shape index (κ2) is 5.88. The van der Waals surface area contributed by atoms with Gasteiger partial charge in [-0.05, 0) is 23.6 Å². The van der Waals surface area contributed by atoms with E-state index in [1.807, 2.05) is 30.3 Å². The van der Waals surface area contributed by atoms with Gasteiger partial charge in [0.05, 0.1) is 0 Å². The van der Waals surface area contributed by atoms with E-state index in [9.17, 15) is 5.11 Å². The fourth-order valence-corrected chi connectivity index (χ4v) is 2.61. The van der Waals surface area contributed by atoms with Crippen LogP contribution in [0.25, 0.3) is 10.8 Å². The molecule has 0 aliphatic rings. The van der Waals surface area contributed by atoms with Crippen LogP contribution in [0.5, 0.6) is 5.75 Å². The van der Waals surface area contributed by atoms with E-state index in [2.05, 4.69) is 42.6 Å². The molecule has 0 fully saturated rings. The van der Waals surface area contributed by atoms with Gasteiger partial charge in [0, 0.05) is 23.0 Å². The molecule has 0 aliphatic heterocycles. The lowest BCUT2D eigenvalue weighted by molar-refractivity contribution is 0.481. The third-order valence-corrected chi connectivity index (χ3v) is 3.87. The first-order valence-electron chi connectivity index (χ1n) is 7.25. The molecule has 0 saturated carbocycles. The highest BCUT2D eigenvalue weighted by Gasteiger charge is 2.07. The summed E-state index contributed by atoms with van der Waals surface area (Å²) in [5.41, 5.74) is 2.39. The number of hydrogen-bond donors (Lipinski definition) is 2. The van der Waals surface area contributed by atoms with E-state index >= 15 is 0 Å². The maximum absolute atomic E-state index is 9.92. The lowest BCUT2D eigenvalue weighted by Crippen LogP contribution is -2.09. The number of anilines is 1. The Morgan fingerprint density at radius 2 is 1.57 bits per heavy atom. The number of nitrogens with one attached hydrogen (secondary N) is 1. The standard InChI is InChI=1S/C19H19NO/c1-14(15-7-3-2-4-8-15)13-20-18-11-5-10-17-16(18)9-6-12-19(17)21/h2-12,14,20-21H,13H2,1H3. The average Bonchev–Trinajstić information content (AvgIpc) is 2.54. The number of fused-ring (bicyclic) bond motifs is 1. The van der Waals surface area contributed by atoms with Crippen LogP contribution in [-0.2, 0) is 0 Å². The van der Waals surface area contributed by atoms with Crippen molar-refractivity contribution in [3.8, 4) is 5.75 Å². The van der Waals surface area contributed by atoms with E-state index in [0.29, 0.717) is 11.7 Å². The maximum atomic E-state index is 9.92. The summed E-state index contributed by atoms with van der Waals surface area (Å²) in [6.45, 7) is 3.07. The molecule has 0 aromatic heterocycles. The van der Waals surface area contributed by atoms with E-state index in [4.69, 9.17) is 0 Å². The van der Waals surface area contributed by atoms with Crippen molar-refractivity contribution in [1.29, 1.82) is 0 Å². The first-order chi connectivity index (χ1) is 10.3. The van der Waals surface area contributed by atoms with Crippen LogP contribution in [0.4, 0.5) is 5.69 Å². The molecule has 0 saturated heterocycles. The fourth-order valence-electron chi connectivity index (χ4n) is 2.61. The highest BCUT2D eigenvalue weighted by Crippen LogP contribution is 2.30. The summed E-state index contributed by atoms with van der Waals surface area (Å²) in [4.78, 5) is 0. The summed E-state index contributed by atoms with van der Waals surface area (Å²) < 4.78 is 0. The van der Waals surface area contributed by atoms with Crippen LogP contribution >= 0.6 is 0 Å². The van der Waals surface area contributed by atoms with Crippen LogP contribution < -0.4 is 5.32 Å². The minimum atomic E-state index is 0.326. The van der Waals surface area contributed by atoms with Gasteiger partial charge in [-0.2, -0.15) is 0 Å². The van der Waals surface area contributed by atoms with Crippen LogP contribution in [0, 0.1) is 0 Å². The molecule has 2 N–H and O–H groups in total. The second-order valence-corrected chi connectivity index (χ2v) is 5.37. The zero-order chi connectivity index (χ0) is 14.7. The fraction of sp³-hybridized carbons (Fsp3) is 0.158. The normalized spacial score (nSPS) is 12.2. The van der Waals surface area contributed by atoms with E-state index in [0.717, 1.165) is 23.0 Å². The number of aromatic hydroxyl groups is 1. The lowest BCUT2D eigenvalue weighted by Gasteiger charge is -2.15. The lowest BCUT2D eigenvalue weighted by atomic mass is 10.0. The third kappa shape index (κ3) is 2.84. The molecular weight excluding hydrogens is 258 g/mol. The largest absolute Gasteiger partial charge is 0.507 e. The topological polar surface area (TPSA) is 32.3 Å². The van der Waals surface area contributed by atoms with Crippen molar-refractivity contribution in [2.24, 2.45) is 0 Å². The Balaban J connectivity index is 1.81. The van der Waals surface area contributed by atoms with Gasteiger partial charge in [-0.3, -0.25) is 0 Å². The number of phenolic OH excluding ortho intramolecular Hbond substituents is 1.